The Hall–Kier alpha value is -3.23. The molecule has 2 heterocycles. The molecule has 3 N–H and O–H groups in total. The van der Waals surface area contributed by atoms with Crippen LogP contribution in [-0.4, -0.2) is 35.9 Å². The van der Waals surface area contributed by atoms with Crippen LogP contribution in [0.2, 0.25) is 0 Å². The van der Waals surface area contributed by atoms with E-state index in [9.17, 15) is 4.79 Å². The molecule has 0 unspecified atom stereocenters. The Morgan fingerprint density at radius 1 is 1.25 bits per heavy atom. The summed E-state index contributed by atoms with van der Waals surface area (Å²) >= 11 is 0. The summed E-state index contributed by atoms with van der Waals surface area (Å²) in [6, 6.07) is 9.97. The number of amides is 1. The predicted molar refractivity (Wildman–Crippen MR) is 88.1 cm³/mol. The molecule has 2 aromatic heterocycles. The van der Waals surface area contributed by atoms with E-state index < -0.39 is 0 Å². The fourth-order valence-electron chi connectivity index (χ4n) is 2.39. The average molecular weight is 326 g/mol. The van der Waals surface area contributed by atoms with Gasteiger partial charge in [-0.05, 0) is 29.8 Å². The molecule has 24 heavy (non-hydrogen) atoms. The Morgan fingerprint density at radius 3 is 2.79 bits per heavy atom. The summed E-state index contributed by atoms with van der Waals surface area (Å²) in [6.07, 6.45) is 0. The van der Waals surface area contributed by atoms with Crippen LogP contribution in [0.5, 0.6) is 0 Å². The second-order valence-corrected chi connectivity index (χ2v) is 5.56. The molecule has 3 aromatic rings. The summed E-state index contributed by atoms with van der Waals surface area (Å²) in [6.45, 7) is 4.42. The lowest BCUT2D eigenvalue weighted by molar-refractivity contribution is -0.116. The first-order chi connectivity index (χ1) is 11.5. The number of hydrogen-bond acceptors (Lipinski definition) is 6. The predicted octanol–water partition coefficient (Wildman–Crippen LogP) is 0.756. The fraction of sp³-hybridized carbons (Fsp3) is 0.267. The van der Waals surface area contributed by atoms with Crippen LogP contribution in [0.25, 0.3) is 0 Å². The van der Waals surface area contributed by atoms with Gasteiger partial charge in [0.1, 0.15) is 12.4 Å². The van der Waals surface area contributed by atoms with E-state index >= 15 is 0 Å². The summed E-state index contributed by atoms with van der Waals surface area (Å²) in [5.41, 5.74) is 8.67. The number of nitrogen functional groups attached to an aromatic ring is 1. The van der Waals surface area contributed by atoms with Gasteiger partial charge in [0.15, 0.2) is 0 Å². The number of anilines is 2. The van der Waals surface area contributed by atoms with Gasteiger partial charge in [-0.2, -0.15) is 5.10 Å². The number of benzene rings is 1. The maximum Gasteiger partial charge on any atom is 0.247 e. The second kappa shape index (κ2) is 6.49. The van der Waals surface area contributed by atoms with Gasteiger partial charge in [0.25, 0.3) is 0 Å². The Morgan fingerprint density at radius 2 is 2.08 bits per heavy atom. The Labute approximate surface area is 138 Å². The van der Waals surface area contributed by atoms with Crippen LogP contribution in [0.3, 0.4) is 0 Å². The minimum Gasteiger partial charge on any atom is -0.367 e. The van der Waals surface area contributed by atoms with Crippen molar-refractivity contribution in [1.29, 1.82) is 0 Å². The summed E-state index contributed by atoms with van der Waals surface area (Å²) in [4.78, 5) is 12.2. The van der Waals surface area contributed by atoms with Crippen LogP contribution in [0, 0.1) is 13.8 Å². The van der Waals surface area contributed by atoms with E-state index in [0.717, 1.165) is 11.3 Å². The number of nitrogens with zero attached hydrogens (tertiary/aromatic N) is 6. The molecule has 0 fully saturated rings. The highest BCUT2D eigenvalue weighted by Gasteiger charge is 2.12. The standard InChI is InChI=1S/C15H18N8O/c1-10-4-3-5-12(6-10)8-22-13(7-11(2)19-22)17-14(24)9-23-15(16)18-20-21-23/h3-7H,8-9H2,1-2H3,(H,17,24)(H2,16,18,21). The van der Waals surface area contributed by atoms with E-state index in [2.05, 4.69) is 32.0 Å². The minimum atomic E-state index is -0.278. The Balaban J connectivity index is 1.74. The molecule has 9 heteroatoms. The van der Waals surface area contributed by atoms with Crippen molar-refractivity contribution >= 4 is 17.7 Å². The van der Waals surface area contributed by atoms with E-state index in [1.165, 1.54) is 10.2 Å². The lowest BCUT2D eigenvalue weighted by Crippen LogP contribution is -2.22. The van der Waals surface area contributed by atoms with Crippen molar-refractivity contribution in [3.05, 3.63) is 47.2 Å². The van der Waals surface area contributed by atoms with Gasteiger partial charge in [0.2, 0.25) is 11.9 Å². The van der Waals surface area contributed by atoms with Crippen LogP contribution in [0.4, 0.5) is 11.8 Å². The van der Waals surface area contributed by atoms with E-state index in [0.29, 0.717) is 12.4 Å². The van der Waals surface area contributed by atoms with E-state index in [1.54, 1.807) is 4.68 Å². The van der Waals surface area contributed by atoms with Gasteiger partial charge in [0, 0.05) is 6.07 Å². The quantitative estimate of drug-likeness (QED) is 0.715. The zero-order valence-electron chi connectivity index (χ0n) is 13.5. The van der Waals surface area contributed by atoms with Gasteiger partial charge >= 0.3 is 0 Å². The molecule has 0 spiro atoms. The van der Waals surface area contributed by atoms with E-state index in [4.69, 9.17) is 5.73 Å². The Bertz CT molecular complexity index is 866. The topological polar surface area (TPSA) is 117 Å². The maximum atomic E-state index is 12.2. The van der Waals surface area contributed by atoms with Gasteiger partial charge in [-0.15, -0.1) is 0 Å². The van der Waals surface area contributed by atoms with Crippen molar-refractivity contribution in [3.8, 4) is 0 Å². The number of rotatable bonds is 5. The van der Waals surface area contributed by atoms with Crippen LogP contribution < -0.4 is 11.1 Å². The van der Waals surface area contributed by atoms with Gasteiger partial charge in [-0.1, -0.05) is 34.9 Å². The number of nitrogens with one attached hydrogen (secondary N) is 1. The summed E-state index contributed by atoms with van der Waals surface area (Å²) in [7, 11) is 0. The van der Waals surface area contributed by atoms with Crippen LogP contribution in [0.15, 0.2) is 30.3 Å². The largest absolute Gasteiger partial charge is 0.367 e. The molecule has 3 rings (SSSR count). The van der Waals surface area contributed by atoms with Crippen molar-refractivity contribution in [2.24, 2.45) is 0 Å². The fourth-order valence-corrected chi connectivity index (χ4v) is 2.39. The molecular weight excluding hydrogens is 308 g/mol. The highest BCUT2D eigenvalue weighted by molar-refractivity contribution is 5.89. The highest BCUT2D eigenvalue weighted by Crippen LogP contribution is 2.14. The van der Waals surface area contributed by atoms with Crippen LogP contribution in [-0.2, 0) is 17.9 Å². The molecule has 0 aliphatic heterocycles. The molecule has 0 saturated heterocycles. The van der Waals surface area contributed by atoms with Gasteiger partial charge in [-0.25, -0.2) is 9.36 Å². The molecule has 0 radical (unpaired) electrons. The first-order valence-electron chi connectivity index (χ1n) is 7.43. The number of hydrogen-bond donors (Lipinski definition) is 2. The van der Waals surface area contributed by atoms with Gasteiger partial charge in [-0.3, -0.25) is 4.79 Å². The lowest BCUT2D eigenvalue weighted by Gasteiger charge is -2.09. The smallest absolute Gasteiger partial charge is 0.247 e. The molecule has 0 atom stereocenters. The summed E-state index contributed by atoms with van der Waals surface area (Å²) < 4.78 is 2.98. The first-order valence-corrected chi connectivity index (χ1v) is 7.43. The third kappa shape index (κ3) is 3.57. The number of carbonyl (C=O) groups is 1. The summed E-state index contributed by atoms with van der Waals surface area (Å²) in [5.74, 6) is 0.430. The molecule has 0 saturated carbocycles. The van der Waals surface area contributed by atoms with Crippen molar-refractivity contribution in [2.45, 2.75) is 26.9 Å². The SMILES string of the molecule is Cc1cccc(Cn2nc(C)cc2NC(=O)Cn2nnnc2N)c1. The van der Waals surface area contributed by atoms with Crippen LogP contribution in [0.1, 0.15) is 16.8 Å². The van der Waals surface area contributed by atoms with Gasteiger partial charge < -0.3 is 11.1 Å². The van der Waals surface area contributed by atoms with E-state index in [1.807, 2.05) is 38.1 Å². The third-order valence-electron chi connectivity index (χ3n) is 3.44. The third-order valence-corrected chi connectivity index (χ3v) is 3.44. The number of aromatic nitrogens is 6. The molecular formula is C15H18N8O. The first kappa shape index (κ1) is 15.7. The molecule has 1 aromatic carbocycles. The van der Waals surface area contributed by atoms with Crippen molar-refractivity contribution in [1.82, 2.24) is 30.0 Å². The monoisotopic (exact) mass is 326 g/mol. The highest BCUT2D eigenvalue weighted by atomic mass is 16.2. The number of aryl methyl sites for hydroxylation is 2. The summed E-state index contributed by atoms with van der Waals surface area (Å²) in [5, 5.41) is 17.9. The normalized spacial score (nSPS) is 10.8. The van der Waals surface area contributed by atoms with Crippen molar-refractivity contribution in [2.75, 3.05) is 11.1 Å². The molecule has 124 valence electrons. The molecule has 0 aliphatic rings. The maximum absolute atomic E-state index is 12.2. The van der Waals surface area contributed by atoms with E-state index in [-0.39, 0.29) is 18.4 Å². The van der Waals surface area contributed by atoms with Crippen molar-refractivity contribution < 1.29 is 4.79 Å². The average Bonchev–Trinajstić information content (AvgIpc) is 3.05. The molecule has 1 amide bonds. The van der Waals surface area contributed by atoms with Gasteiger partial charge in [0.05, 0.1) is 12.2 Å². The number of nitrogens with two attached hydrogens (primary N) is 1. The molecule has 9 nitrogen and oxygen atoms in total. The minimum absolute atomic E-state index is 0.0620. The molecule has 0 bridgehead atoms. The second-order valence-electron chi connectivity index (χ2n) is 5.56. The zero-order valence-corrected chi connectivity index (χ0v) is 13.5. The Kier molecular flexibility index (Phi) is 4.23. The van der Waals surface area contributed by atoms with Crippen LogP contribution >= 0.6 is 0 Å². The van der Waals surface area contributed by atoms with Crippen molar-refractivity contribution in [3.63, 3.8) is 0 Å². The zero-order chi connectivity index (χ0) is 17.1. The lowest BCUT2D eigenvalue weighted by atomic mass is 10.1. The number of tetrazole rings is 1. The number of carbonyl (C=O) groups excluding carboxylic acids is 1. The molecule has 0 aliphatic carbocycles.